The fourth-order valence-corrected chi connectivity index (χ4v) is 5.84. The number of fused-ring (bicyclic) bond motifs is 1. The van der Waals surface area contributed by atoms with E-state index >= 15 is 0 Å². The summed E-state index contributed by atoms with van der Waals surface area (Å²) in [6.07, 6.45) is 4.50. The molecule has 2 N–H and O–H groups in total. The maximum atomic E-state index is 4.74. The first-order valence-electron chi connectivity index (χ1n) is 9.88. The Hall–Kier alpha value is -1.59. The number of thiazole rings is 1. The van der Waals surface area contributed by atoms with E-state index in [9.17, 15) is 0 Å². The standard InChI is InChI=1S/C22H20N6S3.3ClH/c1-14-12-29-22(27-14)28-20-19(30-15-5-3-2-4-6-15)9-16(10-24-20)31-21-17-11-23-8-7-18(17)25-13-26-21;;;/h2-6,9-10,12-13,23H,7-8,11H2,1H3,(H,24,27,28);3*1H. The number of benzene rings is 1. The molecule has 1 aliphatic rings. The molecule has 4 heterocycles. The van der Waals surface area contributed by atoms with E-state index < -0.39 is 0 Å². The van der Waals surface area contributed by atoms with Crippen molar-refractivity contribution in [2.75, 3.05) is 11.9 Å². The van der Waals surface area contributed by atoms with E-state index in [1.165, 1.54) is 5.56 Å². The van der Waals surface area contributed by atoms with Gasteiger partial charge in [0.2, 0.25) is 0 Å². The molecule has 0 bridgehead atoms. The van der Waals surface area contributed by atoms with Crippen LogP contribution in [0.3, 0.4) is 0 Å². The van der Waals surface area contributed by atoms with Crippen LogP contribution in [0.1, 0.15) is 17.0 Å². The van der Waals surface area contributed by atoms with Crippen molar-refractivity contribution >= 4 is 83.0 Å². The van der Waals surface area contributed by atoms with E-state index in [4.69, 9.17) is 4.98 Å². The summed E-state index contributed by atoms with van der Waals surface area (Å²) >= 11 is 4.91. The average molecular weight is 574 g/mol. The number of nitrogens with zero attached hydrogens (tertiary/aromatic N) is 4. The number of anilines is 2. The van der Waals surface area contributed by atoms with Gasteiger partial charge in [0.15, 0.2) is 5.13 Å². The predicted molar refractivity (Wildman–Crippen MR) is 148 cm³/mol. The molecule has 0 spiro atoms. The van der Waals surface area contributed by atoms with Crippen molar-refractivity contribution in [3.8, 4) is 0 Å². The highest BCUT2D eigenvalue weighted by molar-refractivity contribution is 8.00. The third-order valence-corrected chi connectivity index (χ3v) is 7.61. The first kappa shape index (κ1) is 28.6. The Balaban J connectivity index is 0.00000136. The quantitative estimate of drug-likeness (QED) is 0.250. The van der Waals surface area contributed by atoms with Gasteiger partial charge in [-0.05, 0) is 25.1 Å². The monoisotopic (exact) mass is 572 g/mol. The lowest BCUT2D eigenvalue weighted by Crippen LogP contribution is -2.25. The van der Waals surface area contributed by atoms with Crippen LogP contribution >= 0.6 is 72.1 Å². The summed E-state index contributed by atoms with van der Waals surface area (Å²) in [7, 11) is 0. The molecular formula is C22H23Cl3N6S3. The third kappa shape index (κ3) is 6.97. The molecule has 0 saturated carbocycles. The van der Waals surface area contributed by atoms with Crippen molar-refractivity contribution < 1.29 is 0 Å². The average Bonchev–Trinajstić information content (AvgIpc) is 3.21. The Labute approximate surface area is 229 Å². The second-order valence-electron chi connectivity index (χ2n) is 6.98. The fourth-order valence-electron chi connectivity index (χ4n) is 3.23. The van der Waals surface area contributed by atoms with Gasteiger partial charge in [-0.2, -0.15) is 0 Å². The Morgan fingerprint density at radius 3 is 2.59 bits per heavy atom. The number of aromatic nitrogens is 4. The van der Waals surface area contributed by atoms with Crippen LogP contribution in [-0.2, 0) is 13.0 Å². The highest BCUT2D eigenvalue weighted by Crippen LogP contribution is 2.38. The number of hydrogen-bond acceptors (Lipinski definition) is 9. The van der Waals surface area contributed by atoms with Crippen molar-refractivity contribution in [1.82, 2.24) is 25.3 Å². The second kappa shape index (κ2) is 13.5. The number of aryl methyl sites for hydroxylation is 1. The zero-order valence-corrected chi connectivity index (χ0v) is 23.0. The highest BCUT2D eigenvalue weighted by atomic mass is 35.5. The Bertz CT molecular complexity index is 1210. The molecule has 34 heavy (non-hydrogen) atoms. The molecule has 0 aliphatic carbocycles. The van der Waals surface area contributed by atoms with Crippen molar-refractivity contribution in [2.45, 2.75) is 39.6 Å². The summed E-state index contributed by atoms with van der Waals surface area (Å²) in [5.74, 6) is 0.805. The minimum absolute atomic E-state index is 0. The van der Waals surface area contributed by atoms with Crippen LogP contribution in [0, 0.1) is 6.92 Å². The molecule has 180 valence electrons. The lowest BCUT2D eigenvalue weighted by molar-refractivity contribution is 0.611. The van der Waals surface area contributed by atoms with Gasteiger partial charge in [-0.15, -0.1) is 48.6 Å². The summed E-state index contributed by atoms with van der Waals surface area (Å²) in [5.41, 5.74) is 3.33. The van der Waals surface area contributed by atoms with Gasteiger partial charge in [0, 0.05) is 46.4 Å². The molecule has 0 atom stereocenters. The number of hydrogen-bond donors (Lipinski definition) is 2. The maximum absolute atomic E-state index is 4.74. The van der Waals surface area contributed by atoms with Crippen molar-refractivity contribution in [3.63, 3.8) is 0 Å². The summed E-state index contributed by atoms with van der Waals surface area (Å²) in [5, 5.41) is 10.7. The first-order chi connectivity index (χ1) is 15.2. The van der Waals surface area contributed by atoms with E-state index in [1.54, 1.807) is 41.2 Å². The first-order valence-corrected chi connectivity index (χ1v) is 12.4. The van der Waals surface area contributed by atoms with Crippen LogP contribution < -0.4 is 10.6 Å². The zero-order valence-electron chi connectivity index (χ0n) is 18.1. The summed E-state index contributed by atoms with van der Waals surface area (Å²) < 4.78 is 0. The molecule has 0 saturated heterocycles. The molecule has 0 amide bonds. The van der Waals surface area contributed by atoms with Crippen LogP contribution in [0.15, 0.2) is 74.0 Å². The summed E-state index contributed by atoms with van der Waals surface area (Å²) in [6.45, 7) is 3.76. The molecular weight excluding hydrogens is 551 g/mol. The van der Waals surface area contributed by atoms with Crippen molar-refractivity contribution in [3.05, 3.63) is 71.3 Å². The molecule has 0 unspecified atom stereocenters. The van der Waals surface area contributed by atoms with Crippen LogP contribution in [-0.4, -0.2) is 26.5 Å². The van der Waals surface area contributed by atoms with Crippen LogP contribution in [0.4, 0.5) is 10.9 Å². The van der Waals surface area contributed by atoms with E-state index in [1.807, 2.05) is 36.7 Å². The highest BCUT2D eigenvalue weighted by Gasteiger charge is 2.17. The largest absolute Gasteiger partial charge is 0.315 e. The van der Waals surface area contributed by atoms with Gasteiger partial charge in [0.05, 0.1) is 16.3 Å². The lowest BCUT2D eigenvalue weighted by Gasteiger charge is -2.18. The van der Waals surface area contributed by atoms with Crippen LogP contribution in [0.25, 0.3) is 0 Å². The number of rotatable bonds is 6. The molecule has 1 aromatic carbocycles. The fraction of sp³-hybridized carbons (Fsp3) is 0.182. The molecule has 4 aromatic rings. The Kier molecular flexibility index (Phi) is 11.4. The molecule has 0 radical (unpaired) electrons. The summed E-state index contributed by atoms with van der Waals surface area (Å²) in [6, 6.07) is 12.5. The Morgan fingerprint density at radius 1 is 1.00 bits per heavy atom. The molecule has 6 nitrogen and oxygen atoms in total. The van der Waals surface area contributed by atoms with Gasteiger partial charge in [0.25, 0.3) is 0 Å². The van der Waals surface area contributed by atoms with Gasteiger partial charge in [-0.1, -0.05) is 41.7 Å². The van der Waals surface area contributed by atoms with E-state index in [2.05, 4.69) is 43.8 Å². The topological polar surface area (TPSA) is 75.6 Å². The van der Waals surface area contributed by atoms with Gasteiger partial charge < -0.3 is 10.6 Å². The zero-order chi connectivity index (χ0) is 21.0. The molecule has 1 aliphatic heterocycles. The minimum atomic E-state index is 0. The van der Waals surface area contributed by atoms with Crippen molar-refractivity contribution in [2.24, 2.45) is 0 Å². The van der Waals surface area contributed by atoms with E-state index in [0.717, 1.165) is 61.6 Å². The molecule has 0 fully saturated rings. The molecule has 5 rings (SSSR count). The predicted octanol–water partition coefficient (Wildman–Crippen LogP) is 6.59. The molecule has 3 aromatic heterocycles. The van der Waals surface area contributed by atoms with Crippen molar-refractivity contribution in [1.29, 1.82) is 0 Å². The second-order valence-corrected chi connectivity index (χ2v) is 10.0. The number of nitrogens with one attached hydrogen (secondary N) is 2. The SMILES string of the molecule is Cc1csc(Nc2ncc(Sc3ncnc4c3CNCC4)cc2Sc2ccccc2)n1.Cl.Cl.Cl. The Morgan fingerprint density at radius 2 is 1.82 bits per heavy atom. The number of halogens is 3. The molecule has 12 heteroatoms. The van der Waals surface area contributed by atoms with Crippen LogP contribution in [0.5, 0.6) is 0 Å². The van der Waals surface area contributed by atoms with E-state index in [-0.39, 0.29) is 37.2 Å². The number of pyridine rings is 1. The summed E-state index contributed by atoms with van der Waals surface area (Å²) in [4.78, 5) is 21.5. The third-order valence-electron chi connectivity index (χ3n) is 4.69. The normalized spacial score (nSPS) is 11.9. The lowest BCUT2D eigenvalue weighted by atomic mass is 10.1. The van der Waals surface area contributed by atoms with Gasteiger partial charge in [0.1, 0.15) is 17.2 Å². The van der Waals surface area contributed by atoms with Gasteiger partial charge in [-0.25, -0.2) is 19.9 Å². The smallest absolute Gasteiger partial charge is 0.188 e. The van der Waals surface area contributed by atoms with Crippen LogP contribution in [0.2, 0.25) is 0 Å². The van der Waals surface area contributed by atoms with Gasteiger partial charge in [-0.3, -0.25) is 0 Å². The maximum Gasteiger partial charge on any atom is 0.188 e. The minimum Gasteiger partial charge on any atom is -0.315 e. The van der Waals surface area contributed by atoms with E-state index in [0.29, 0.717) is 0 Å². The van der Waals surface area contributed by atoms with Gasteiger partial charge >= 0.3 is 0 Å².